The van der Waals surface area contributed by atoms with Crippen molar-refractivity contribution in [2.75, 3.05) is 6.61 Å². The standard InChI is InChI=1S/C22H24N4O4/c1-4-29-19-9-7-18(8-10-19)26-15(2)12-17(16(26)3)13-24-25-22(28)21(27)23-14-20-6-5-11-30-20/h5-13H,4,14H2,1-3H3,(H,23,27)(H,25,28)/b24-13-. The lowest BCUT2D eigenvalue weighted by Gasteiger charge is -2.10. The van der Waals surface area contributed by atoms with Crippen molar-refractivity contribution in [2.24, 2.45) is 5.10 Å². The van der Waals surface area contributed by atoms with E-state index in [1.54, 1.807) is 12.1 Å². The van der Waals surface area contributed by atoms with Gasteiger partial charge in [-0.15, -0.1) is 0 Å². The number of hydrogen-bond acceptors (Lipinski definition) is 5. The number of nitrogens with one attached hydrogen (secondary N) is 2. The summed E-state index contributed by atoms with van der Waals surface area (Å²) in [6, 6.07) is 13.2. The molecule has 0 unspecified atom stereocenters. The summed E-state index contributed by atoms with van der Waals surface area (Å²) >= 11 is 0. The van der Waals surface area contributed by atoms with Gasteiger partial charge in [0, 0.05) is 22.6 Å². The molecule has 0 fully saturated rings. The summed E-state index contributed by atoms with van der Waals surface area (Å²) in [5.41, 5.74) is 6.04. The molecule has 30 heavy (non-hydrogen) atoms. The maximum Gasteiger partial charge on any atom is 0.329 e. The molecule has 2 aromatic heterocycles. The van der Waals surface area contributed by atoms with Gasteiger partial charge in [0.05, 0.1) is 25.6 Å². The third-order valence-electron chi connectivity index (χ3n) is 4.46. The minimum atomic E-state index is -0.849. The first-order valence-corrected chi connectivity index (χ1v) is 9.55. The zero-order chi connectivity index (χ0) is 21.5. The Morgan fingerprint density at radius 1 is 1.17 bits per heavy atom. The normalized spacial score (nSPS) is 10.9. The highest BCUT2D eigenvalue weighted by atomic mass is 16.5. The number of aryl methyl sites for hydroxylation is 1. The van der Waals surface area contributed by atoms with Crippen molar-refractivity contribution in [3.05, 3.63) is 71.4 Å². The van der Waals surface area contributed by atoms with Crippen molar-refractivity contribution in [2.45, 2.75) is 27.3 Å². The van der Waals surface area contributed by atoms with E-state index in [9.17, 15) is 9.59 Å². The molecule has 8 heteroatoms. The highest BCUT2D eigenvalue weighted by Gasteiger charge is 2.13. The highest BCUT2D eigenvalue weighted by molar-refractivity contribution is 6.35. The third kappa shape index (κ3) is 4.96. The average molecular weight is 408 g/mol. The summed E-state index contributed by atoms with van der Waals surface area (Å²) in [7, 11) is 0. The Morgan fingerprint density at radius 3 is 2.60 bits per heavy atom. The fraction of sp³-hybridized carbons (Fsp3) is 0.227. The number of hydrazone groups is 1. The molecule has 8 nitrogen and oxygen atoms in total. The Labute approximate surface area is 174 Å². The molecular formula is C22H24N4O4. The van der Waals surface area contributed by atoms with Crippen LogP contribution < -0.4 is 15.5 Å². The van der Waals surface area contributed by atoms with Gasteiger partial charge in [-0.25, -0.2) is 5.43 Å². The lowest BCUT2D eigenvalue weighted by atomic mass is 10.2. The Balaban J connectivity index is 1.62. The fourth-order valence-corrected chi connectivity index (χ4v) is 3.05. The molecule has 0 bridgehead atoms. The number of hydrogen-bond donors (Lipinski definition) is 2. The molecule has 0 radical (unpaired) electrons. The van der Waals surface area contributed by atoms with E-state index in [2.05, 4.69) is 20.4 Å². The van der Waals surface area contributed by atoms with Gasteiger partial charge in [-0.05, 0) is 63.2 Å². The lowest BCUT2D eigenvalue weighted by Crippen LogP contribution is -2.37. The summed E-state index contributed by atoms with van der Waals surface area (Å²) in [5, 5.41) is 6.37. The molecule has 0 atom stereocenters. The first kappa shape index (κ1) is 20.9. The summed E-state index contributed by atoms with van der Waals surface area (Å²) in [5.74, 6) is -0.263. The van der Waals surface area contributed by atoms with Crippen LogP contribution in [0.25, 0.3) is 5.69 Å². The quantitative estimate of drug-likeness (QED) is 0.357. The molecule has 0 aliphatic carbocycles. The van der Waals surface area contributed by atoms with Gasteiger partial charge in [-0.1, -0.05) is 0 Å². The van der Waals surface area contributed by atoms with Crippen LogP contribution in [0.3, 0.4) is 0 Å². The smallest absolute Gasteiger partial charge is 0.329 e. The Kier molecular flexibility index (Phi) is 6.69. The number of amides is 2. The molecule has 156 valence electrons. The molecule has 0 saturated carbocycles. The lowest BCUT2D eigenvalue weighted by molar-refractivity contribution is -0.139. The van der Waals surface area contributed by atoms with E-state index in [-0.39, 0.29) is 6.54 Å². The predicted octanol–water partition coefficient (Wildman–Crippen LogP) is 2.85. The summed E-state index contributed by atoms with van der Waals surface area (Å²) in [6.45, 7) is 6.64. The molecule has 1 aromatic carbocycles. The van der Waals surface area contributed by atoms with E-state index in [0.717, 1.165) is 28.4 Å². The van der Waals surface area contributed by atoms with Gasteiger partial charge < -0.3 is 19.0 Å². The number of ether oxygens (including phenoxy) is 1. The van der Waals surface area contributed by atoms with E-state index in [1.807, 2.05) is 51.1 Å². The van der Waals surface area contributed by atoms with Gasteiger partial charge >= 0.3 is 11.8 Å². The van der Waals surface area contributed by atoms with Crippen LogP contribution >= 0.6 is 0 Å². The van der Waals surface area contributed by atoms with E-state index in [1.165, 1.54) is 12.5 Å². The van der Waals surface area contributed by atoms with Gasteiger partial charge in [-0.2, -0.15) is 5.10 Å². The number of benzene rings is 1. The molecule has 2 heterocycles. The van der Waals surface area contributed by atoms with Gasteiger partial charge in [0.25, 0.3) is 0 Å². The van der Waals surface area contributed by atoms with Crippen LogP contribution in [-0.4, -0.2) is 29.2 Å². The zero-order valence-electron chi connectivity index (χ0n) is 17.1. The van der Waals surface area contributed by atoms with Crippen molar-refractivity contribution in [3.8, 4) is 11.4 Å². The van der Waals surface area contributed by atoms with Crippen molar-refractivity contribution >= 4 is 18.0 Å². The van der Waals surface area contributed by atoms with Crippen LogP contribution in [-0.2, 0) is 16.1 Å². The number of carbonyl (C=O) groups excluding carboxylic acids is 2. The number of aromatic nitrogens is 1. The summed E-state index contributed by atoms with van der Waals surface area (Å²) in [6.07, 6.45) is 3.01. The van der Waals surface area contributed by atoms with Crippen LogP contribution in [0.5, 0.6) is 5.75 Å². The van der Waals surface area contributed by atoms with Crippen LogP contribution in [0, 0.1) is 13.8 Å². The maximum atomic E-state index is 11.9. The van der Waals surface area contributed by atoms with Crippen LogP contribution in [0.4, 0.5) is 0 Å². The van der Waals surface area contributed by atoms with Crippen molar-refractivity contribution in [3.63, 3.8) is 0 Å². The van der Waals surface area contributed by atoms with Crippen LogP contribution in [0.1, 0.15) is 29.6 Å². The molecule has 0 saturated heterocycles. The molecule has 3 aromatic rings. The van der Waals surface area contributed by atoms with E-state index in [4.69, 9.17) is 9.15 Å². The number of furan rings is 1. The molecule has 2 amide bonds. The number of rotatable bonds is 7. The Hall–Kier alpha value is -3.81. The van der Waals surface area contributed by atoms with E-state index >= 15 is 0 Å². The molecule has 3 rings (SSSR count). The topological polar surface area (TPSA) is 97.9 Å². The Morgan fingerprint density at radius 2 is 1.93 bits per heavy atom. The van der Waals surface area contributed by atoms with E-state index < -0.39 is 11.8 Å². The number of carbonyl (C=O) groups is 2. The van der Waals surface area contributed by atoms with Gasteiger partial charge in [0.15, 0.2) is 0 Å². The summed E-state index contributed by atoms with van der Waals surface area (Å²) in [4.78, 5) is 23.7. The fourth-order valence-electron chi connectivity index (χ4n) is 3.05. The molecule has 2 N–H and O–H groups in total. The van der Waals surface area contributed by atoms with Crippen LogP contribution in [0.2, 0.25) is 0 Å². The van der Waals surface area contributed by atoms with Gasteiger partial charge in [0.2, 0.25) is 0 Å². The maximum absolute atomic E-state index is 11.9. The SMILES string of the molecule is CCOc1ccc(-n2c(C)cc(/C=N\NC(=O)C(=O)NCc3ccco3)c2C)cc1. The molecule has 0 aliphatic heterocycles. The van der Waals surface area contributed by atoms with Crippen molar-refractivity contribution < 1.29 is 18.7 Å². The Bertz CT molecular complexity index is 1030. The minimum Gasteiger partial charge on any atom is -0.494 e. The average Bonchev–Trinajstić information content (AvgIpc) is 3.35. The van der Waals surface area contributed by atoms with Crippen molar-refractivity contribution in [1.82, 2.24) is 15.3 Å². The second-order valence-corrected chi connectivity index (χ2v) is 6.55. The van der Waals surface area contributed by atoms with Crippen molar-refractivity contribution in [1.29, 1.82) is 0 Å². The molecule has 0 aliphatic rings. The second-order valence-electron chi connectivity index (χ2n) is 6.55. The third-order valence-corrected chi connectivity index (χ3v) is 4.46. The highest BCUT2D eigenvalue weighted by Crippen LogP contribution is 2.22. The van der Waals surface area contributed by atoms with Gasteiger partial charge in [0.1, 0.15) is 11.5 Å². The van der Waals surface area contributed by atoms with Crippen LogP contribution in [0.15, 0.2) is 58.2 Å². The van der Waals surface area contributed by atoms with Gasteiger partial charge in [-0.3, -0.25) is 9.59 Å². The molecule has 0 spiro atoms. The first-order chi connectivity index (χ1) is 14.5. The minimum absolute atomic E-state index is 0.131. The first-order valence-electron chi connectivity index (χ1n) is 9.55. The second kappa shape index (κ2) is 9.60. The monoisotopic (exact) mass is 408 g/mol. The largest absolute Gasteiger partial charge is 0.494 e. The van der Waals surface area contributed by atoms with E-state index in [0.29, 0.717) is 12.4 Å². The molecular weight excluding hydrogens is 384 g/mol. The zero-order valence-corrected chi connectivity index (χ0v) is 17.1. The number of nitrogens with zero attached hydrogens (tertiary/aromatic N) is 2. The predicted molar refractivity (Wildman–Crippen MR) is 113 cm³/mol. The summed E-state index contributed by atoms with van der Waals surface area (Å²) < 4.78 is 12.7.